The van der Waals surface area contributed by atoms with Crippen molar-refractivity contribution in [3.05, 3.63) is 40.6 Å². The molecule has 1 aromatic heterocycles. The highest BCUT2D eigenvalue weighted by Crippen LogP contribution is 2.52. The van der Waals surface area contributed by atoms with Crippen LogP contribution in [0.2, 0.25) is 0 Å². The van der Waals surface area contributed by atoms with Crippen LogP contribution in [0.3, 0.4) is 0 Å². The largest absolute Gasteiger partial charge is 0.522 e. The van der Waals surface area contributed by atoms with Crippen LogP contribution < -0.4 is 15.4 Å². The molecule has 0 radical (unpaired) electrons. The average molecular weight is 635 g/mol. The van der Waals surface area contributed by atoms with E-state index in [1.54, 1.807) is 0 Å². The summed E-state index contributed by atoms with van der Waals surface area (Å²) in [6.45, 7) is -2.91. The number of anilines is 1. The summed E-state index contributed by atoms with van der Waals surface area (Å²) in [7, 11) is -3.85. The summed E-state index contributed by atoms with van der Waals surface area (Å²) in [4.78, 5) is 25.7. The molecule has 10 nitrogen and oxygen atoms in total. The van der Waals surface area contributed by atoms with Crippen molar-refractivity contribution in [2.24, 2.45) is 0 Å². The van der Waals surface area contributed by atoms with Gasteiger partial charge in [-0.25, -0.2) is 21.9 Å². The standard InChI is InChI=1S/C23H22F8N4O6S/c1-42(38,39)10-16(36)32-18-17-15(34-35(18)5-2-6-41-23(29,30)31)9-20(33-19(17)37)14-4-3-13(40-11-22(26,27)28)7-12(14)8-21(20,24)25/h3-4,7H,2,5-6,8-11H2,1H3,(H,32,36)(H,33,37)/t20-/m1/s1. The molecule has 1 aromatic carbocycles. The van der Waals surface area contributed by atoms with Gasteiger partial charge in [-0.05, 0) is 29.7 Å². The van der Waals surface area contributed by atoms with Gasteiger partial charge in [0.15, 0.2) is 16.4 Å². The molecule has 0 saturated heterocycles. The zero-order valence-corrected chi connectivity index (χ0v) is 22.3. The number of ether oxygens (including phenoxy) is 2. The fraction of sp³-hybridized carbons (Fsp3) is 0.522. The Balaban J connectivity index is 1.69. The fourth-order valence-corrected chi connectivity index (χ4v) is 5.43. The zero-order chi connectivity index (χ0) is 31.3. The molecule has 2 aliphatic rings. The van der Waals surface area contributed by atoms with Crippen molar-refractivity contribution < 1.29 is 62.6 Å². The number of nitrogens with zero attached hydrogens (tertiary/aromatic N) is 2. The molecule has 232 valence electrons. The Kier molecular flexibility index (Phi) is 7.98. The van der Waals surface area contributed by atoms with E-state index in [0.29, 0.717) is 0 Å². The topological polar surface area (TPSA) is 129 Å². The third kappa shape index (κ3) is 6.77. The number of aryl methyl sites for hydroxylation is 1. The van der Waals surface area contributed by atoms with Gasteiger partial charge >= 0.3 is 12.5 Å². The predicted molar refractivity (Wildman–Crippen MR) is 127 cm³/mol. The normalized spacial score (nSPS) is 19.8. The number of alkyl halides is 8. The molecule has 1 aliphatic heterocycles. The maximum atomic E-state index is 15.6. The monoisotopic (exact) mass is 634 g/mol. The van der Waals surface area contributed by atoms with Crippen LogP contribution in [0.25, 0.3) is 0 Å². The van der Waals surface area contributed by atoms with Crippen molar-refractivity contribution >= 4 is 27.5 Å². The quantitative estimate of drug-likeness (QED) is 0.321. The smallest absolute Gasteiger partial charge is 0.484 e. The summed E-state index contributed by atoms with van der Waals surface area (Å²) in [5, 5.41) is 8.49. The Morgan fingerprint density at radius 3 is 2.48 bits per heavy atom. The minimum Gasteiger partial charge on any atom is -0.484 e. The third-order valence-corrected chi connectivity index (χ3v) is 7.21. The van der Waals surface area contributed by atoms with Crippen molar-refractivity contribution in [2.75, 3.05) is 30.5 Å². The molecular weight excluding hydrogens is 612 g/mol. The van der Waals surface area contributed by atoms with Crippen LogP contribution in [0.1, 0.15) is 33.6 Å². The van der Waals surface area contributed by atoms with E-state index in [1.165, 1.54) is 0 Å². The number of halogens is 8. The summed E-state index contributed by atoms with van der Waals surface area (Å²) < 4.78 is 138. The van der Waals surface area contributed by atoms with Crippen molar-refractivity contribution in [2.45, 2.75) is 49.8 Å². The van der Waals surface area contributed by atoms with Crippen LogP contribution >= 0.6 is 0 Å². The SMILES string of the molecule is CS(=O)(=O)CC(=O)Nc1c2c(nn1CCCOC(F)(F)F)C[C@@]1(NC2=O)c2ccc(OCC(F)(F)F)cc2CC1(F)F. The highest BCUT2D eigenvalue weighted by atomic mass is 32.2. The van der Waals surface area contributed by atoms with E-state index in [0.717, 1.165) is 29.1 Å². The van der Waals surface area contributed by atoms with Gasteiger partial charge in [0.2, 0.25) is 5.91 Å². The molecule has 2 heterocycles. The molecule has 0 bridgehead atoms. The first kappa shape index (κ1) is 31.5. The van der Waals surface area contributed by atoms with Gasteiger partial charge in [-0.2, -0.15) is 18.3 Å². The van der Waals surface area contributed by atoms with Crippen molar-refractivity contribution in [1.29, 1.82) is 0 Å². The van der Waals surface area contributed by atoms with Gasteiger partial charge in [0, 0.05) is 25.6 Å². The minimum absolute atomic E-state index is 0.103. The van der Waals surface area contributed by atoms with E-state index >= 15 is 8.78 Å². The second-order valence-corrected chi connectivity index (χ2v) is 11.9. The van der Waals surface area contributed by atoms with Crippen LogP contribution in [0.4, 0.5) is 40.9 Å². The van der Waals surface area contributed by atoms with Gasteiger partial charge in [0.25, 0.3) is 11.8 Å². The van der Waals surface area contributed by atoms with Gasteiger partial charge in [-0.15, -0.1) is 13.2 Å². The third-order valence-electron chi connectivity index (χ3n) is 6.42. The first-order valence-corrected chi connectivity index (χ1v) is 14.1. The lowest BCUT2D eigenvalue weighted by Crippen LogP contribution is -2.59. The van der Waals surface area contributed by atoms with E-state index in [1.807, 2.05) is 0 Å². The number of carbonyl (C=O) groups is 2. The summed E-state index contributed by atoms with van der Waals surface area (Å²) in [6.07, 6.45) is -10.9. The van der Waals surface area contributed by atoms with Gasteiger partial charge in [-0.1, -0.05) is 6.07 Å². The van der Waals surface area contributed by atoms with E-state index in [9.17, 15) is 44.3 Å². The summed E-state index contributed by atoms with van der Waals surface area (Å²) >= 11 is 0. The van der Waals surface area contributed by atoms with Gasteiger partial charge < -0.3 is 15.4 Å². The maximum absolute atomic E-state index is 15.6. The summed E-state index contributed by atoms with van der Waals surface area (Å²) in [5.74, 6) is -7.74. The van der Waals surface area contributed by atoms with Crippen LogP contribution in [-0.4, -0.2) is 73.7 Å². The fourth-order valence-electron chi connectivity index (χ4n) is 4.88. The molecule has 0 saturated carbocycles. The van der Waals surface area contributed by atoms with E-state index in [2.05, 4.69) is 25.2 Å². The molecule has 0 unspecified atom stereocenters. The van der Waals surface area contributed by atoms with E-state index < -0.39 is 95.4 Å². The molecule has 19 heteroatoms. The molecule has 1 atom stereocenters. The van der Waals surface area contributed by atoms with Crippen LogP contribution in [0.5, 0.6) is 5.75 Å². The second kappa shape index (κ2) is 10.7. The molecular formula is C23H22F8N4O6S. The first-order chi connectivity index (χ1) is 19.2. The zero-order valence-electron chi connectivity index (χ0n) is 21.5. The van der Waals surface area contributed by atoms with Crippen molar-refractivity contribution in [1.82, 2.24) is 15.1 Å². The van der Waals surface area contributed by atoms with E-state index in [4.69, 9.17) is 0 Å². The lowest BCUT2D eigenvalue weighted by molar-refractivity contribution is -0.324. The highest BCUT2D eigenvalue weighted by Gasteiger charge is 2.63. The number of nitrogens with one attached hydrogen (secondary N) is 2. The number of hydrogen-bond donors (Lipinski definition) is 2. The first-order valence-electron chi connectivity index (χ1n) is 12.0. The van der Waals surface area contributed by atoms with Crippen LogP contribution in [0.15, 0.2) is 18.2 Å². The number of sulfone groups is 1. The maximum Gasteiger partial charge on any atom is 0.522 e. The molecule has 4 rings (SSSR count). The number of fused-ring (bicyclic) bond motifs is 3. The lowest BCUT2D eigenvalue weighted by Gasteiger charge is -2.39. The minimum atomic E-state index is -4.94. The Morgan fingerprint density at radius 2 is 1.86 bits per heavy atom. The van der Waals surface area contributed by atoms with Gasteiger partial charge in [0.1, 0.15) is 28.4 Å². The number of amides is 2. The van der Waals surface area contributed by atoms with E-state index in [-0.39, 0.29) is 29.0 Å². The molecule has 2 aromatic rings. The lowest BCUT2D eigenvalue weighted by atomic mass is 9.80. The summed E-state index contributed by atoms with van der Waals surface area (Å²) in [5.41, 5.74) is -3.33. The Morgan fingerprint density at radius 1 is 1.17 bits per heavy atom. The van der Waals surface area contributed by atoms with Crippen molar-refractivity contribution in [3.8, 4) is 5.75 Å². The number of rotatable bonds is 9. The van der Waals surface area contributed by atoms with Gasteiger partial charge in [-0.3, -0.25) is 14.3 Å². The highest BCUT2D eigenvalue weighted by molar-refractivity contribution is 7.91. The Hall–Kier alpha value is -3.48. The van der Waals surface area contributed by atoms with Crippen molar-refractivity contribution in [3.63, 3.8) is 0 Å². The molecule has 42 heavy (non-hydrogen) atoms. The Labute approximate surface area is 232 Å². The van der Waals surface area contributed by atoms with Gasteiger partial charge in [0.05, 0.1) is 12.3 Å². The number of hydrogen-bond acceptors (Lipinski definition) is 7. The van der Waals surface area contributed by atoms with Crippen LogP contribution in [-0.2, 0) is 44.3 Å². The summed E-state index contributed by atoms with van der Waals surface area (Å²) in [6, 6.07) is 3.13. The molecule has 2 N–H and O–H groups in total. The van der Waals surface area contributed by atoms with Crippen LogP contribution in [0, 0.1) is 0 Å². The molecule has 0 fully saturated rings. The number of benzene rings is 1. The number of aromatic nitrogens is 2. The second-order valence-electron chi connectivity index (χ2n) is 9.80. The molecule has 2 amide bonds. The molecule has 1 aliphatic carbocycles. The Bertz CT molecular complexity index is 1510. The molecule has 1 spiro atoms. The number of carbonyl (C=O) groups excluding carboxylic acids is 2. The predicted octanol–water partition coefficient (Wildman–Crippen LogP) is 3.11. The average Bonchev–Trinajstić information content (AvgIpc) is 3.24.